The van der Waals surface area contributed by atoms with Crippen molar-refractivity contribution in [3.05, 3.63) is 48.4 Å². The molecule has 5 rings (SSSR count). The van der Waals surface area contributed by atoms with Crippen molar-refractivity contribution in [2.45, 2.75) is 30.8 Å². The van der Waals surface area contributed by atoms with Crippen molar-refractivity contribution in [1.29, 1.82) is 0 Å². The van der Waals surface area contributed by atoms with Crippen LogP contribution in [0.1, 0.15) is 31.1 Å². The highest BCUT2D eigenvalue weighted by molar-refractivity contribution is 6.03. The van der Waals surface area contributed by atoms with Gasteiger partial charge in [-0.05, 0) is 43.5 Å². The Labute approximate surface area is 147 Å². The standard InChI is InChI=1S/C20H22N2O3/c1-24-16-6-2-5-15(12-16)21-13-14-11-17(18-7-3-10-25-18)22-9-4-8-20(14,22)19(21)23/h2-3,5-7,10,12,14,17H,4,8-9,11,13H2,1H3/t14-,17-,20-/m0/s1. The van der Waals surface area contributed by atoms with Crippen molar-refractivity contribution in [2.75, 3.05) is 25.1 Å². The van der Waals surface area contributed by atoms with Crippen LogP contribution >= 0.6 is 0 Å². The van der Waals surface area contributed by atoms with Crippen molar-refractivity contribution in [3.8, 4) is 5.75 Å². The van der Waals surface area contributed by atoms with Gasteiger partial charge in [-0.2, -0.15) is 0 Å². The zero-order valence-corrected chi connectivity index (χ0v) is 14.4. The van der Waals surface area contributed by atoms with Crippen molar-refractivity contribution >= 4 is 11.6 Å². The molecule has 0 N–H and O–H groups in total. The van der Waals surface area contributed by atoms with Crippen LogP contribution in [0, 0.1) is 5.92 Å². The van der Waals surface area contributed by atoms with Crippen LogP contribution in [0.2, 0.25) is 0 Å². The van der Waals surface area contributed by atoms with E-state index >= 15 is 0 Å². The molecule has 25 heavy (non-hydrogen) atoms. The zero-order valence-electron chi connectivity index (χ0n) is 14.4. The van der Waals surface area contributed by atoms with E-state index in [-0.39, 0.29) is 17.5 Å². The molecule has 5 nitrogen and oxygen atoms in total. The lowest BCUT2D eigenvalue weighted by atomic mass is 9.85. The molecule has 2 aromatic rings. The Morgan fingerprint density at radius 1 is 1.28 bits per heavy atom. The van der Waals surface area contributed by atoms with Crippen molar-refractivity contribution in [2.24, 2.45) is 5.92 Å². The van der Waals surface area contributed by atoms with E-state index in [4.69, 9.17) is 9.15 Å². The summed E-state index contributed by atoms with van der Waals surface area (Å²) < 4.78 is 11.0. The molecule has 0 aliphatic carbocycles. The van der Waals surface area contributed by atoms with Crippen molar-refractivity contribution < 1.29 is 13.9 Å². The number of ether oxygens (including phenoxy) is 1. The monoisotopic (exact) mass is 338 g/mol. The predicted octanol–water partition coefficient (Wildman–Crippen LogP) is 3.23. The minimum Gasteiger partial charge on any atom is -0.497 e. The predicted molar refractivity (Wildman–Crippen MR) is 93.6 cm³/mol. The number of amides is 1. The maximum atomic E-state index is 13.5. The maximum Gasteiger partial charge on any atom is 0.247 e. The molecule has 0 radical (unpaired) electrons. The number of rotatable bonds is 3. The van der Waals surface area contributed by atoms with Crippen LogP contribution in [0.15, 0.2) is 47.1 Å². The van der Waals surface area contributed by atoms with Gasteiger partial charge < -0.3 is 14.1 Å². The first-order valence-corrected chi connectivity index (χ1v) is 9.00. The highest BCUT2D eigenvalue weighted by Gasteiger charge is 2.65. The first-order chi connectivity index (χ1) is 12.2. The number of hydrogen-bond donors (Lipinski definition) is 0. The number of carbonyl (C=O) groups excluding carboxylic acids is 1. The molecule has 4 heterocycles. The number of methoxy groups -OCH3 is 1. The number of benzene rings is 1. The van der Waals surface area contributed by atoms with Crippen LogP contribution in [-0.4, -0.2) is 36.5 Å². The normalized spacial score (nSPS) is 31.4. The van der Waals surface area contributed by atoms with Crippen LogP contribution in [0.5, 0.6) is 5.75 Å². The van der Waals surface area contributed by atoms with E-state index < -0.39 is 0 Å². The van der Waals surface area contributed by atoms with Crippen molar-refractivity contribution in [1.82, 2.24) is 4.90 Å². The second-order valence-corrected chi connectivity index (χ2v) is 7.30. The third-order valence-corrected chi connectivity index (χ3v) is 6.28. The second kappa shape index (κ2) is 5.36. The molecule has 3 saturated heterocycles. The second-order valence-electron chi connectivity index (χ2n) is 7.30. The van der Waals surface area contributed by atoms with E-state index in [9.17, 15) is 4.79 Å². The van der Waals surface area contributed by atoms with Crippen LogP contribution < -0.4 is 9.64 Å². The minimum atomic E-state index is -0.347. The molecule has 0 saturated carbocycles. The van der Waals surface area contributed by atoms with E-state index in [1.54, 1.807) is 13.4 Å². The molecular weight excluding hydrogens is 316 g/mol. The van der Waals surface area contributed by atoms with Crippen LogP contribution in [0.25, 0.3) is 0 Å². The number of nitrogens with zero attached hydrogens (tertiary/aromatic N) is 2. The van der Waals surface area contributed by atoms with E-state index in [2.05, 4.69) is 4.90 Å². The van der Waals surface area contributed by atoms with Crippen molar-refractivity contribution in [3.63, 3.8) is 0 Å². The molecule has 1 aromatic carbocycles. The Morgan fingerprint density at radius 3 is 3.00 bits per heavy atom. The molecule has 5 heteroatoms. The smallest absolute Gasteiger partial charge is 0.247 e. The largest absolute Gasteiger partial charge is 0.497 e. The van der Waals surface area contributed by atoms with Crippen LogP contribution in [0.4, 0.5) is 5.69 Å². The lowest BCUT2D eigenvalue weighted by Gasteiger charge is -2.32. The average Bonchev–Trinajstić information content (AvgIpc) is 3.38. The zero-order chi connectivity index (χ0) is 17.0. The fourth-order valence-electron chi connectivity index (χ4n) is 5.24. The molecule has 1 amide bonds. The maximum absolute atomic E-state index is 13.5. The summed E-state index contributed by atoms with van der Waals surface area (Å²) in [5.41, 5.74) is 0.593. The van der Waals surface area contributed by atoms with Gasteiger partial charge in [-0.3, -0.25) is 9.69 Å². The van der Waals surface area contributed by atoms with Gasteiger partial charge in [0, 0.05) is 30.8 Å². The molecule has 3 aliphatic heterocycles. The van der Waals surface area contributed by atoms with Gasteiger partial charge in [-0.15, -0.1) is 0 Å². The van der Waals surface area contributed by atoms with E-state index in [1.807, 2.05) is 41.3 Å². The van der Waals surface area contributed by atoms with E-state index in [0.29, 0.717) is 5.92 Å². The summed E-state index contributed by atoms with van der Waals surface area (Å²) in [4.78, 5) is 17.9. The third kappa shape index (κ3) is 1.96. The molecular formula is C20H22N2O3. The molecule has 0 bridgehead atoms. The Hall–Kier alpha value is -2.27. The summed E-state index contributed by atoms with van der Waals surface area (Å²) in [6.45, 7) is 1.75. The van der Waals surface area contributed by atoms with Gasteiger partial charge >= 0.3 is 0 Å². The van der Waals surface area contributed by atoms with Gasteiger partial charge in [0.15, 0.2) is 0 Å². The SMILES string of the molecule is COc1cccc(N2C[C@@H]3C[C@@H](c4ccco4)N4CCC[C@@]34C2=O)c1. The highest BCUT2D eigenvalue weighted by Crippen LogP contribution is 2.56. The summed E-state index contributed by atoms with van der Waals surface area (Å²) in [5.74, 6) is 2.38. The van der Waals surface area contributed by atoms with E-state index in [1.165, 1.54) is 0 Å². The molecule has 3 fully saturated rings. The Morgan fingerprint density at radius 2 is 2.20 bits per heavy atom. The molecule has 3 aliphatic rings. The molecule has 130 valence electrons. The first kappa shape index (κ1) is 15.0. The van der Waals surface area contributed by atoms with Crippen LogP contribution in [-0.2, 0) is 4.79 Å². The number of furan rings is 1. The lowest BCUT2D eigenvalue weighted by Crippen LogP contribution is -2.49. The fraction of sp³-hybridized carbons (Fsp3) is 0.450. The van der Waals surface area contributed by atoms with Gasteiger partial charge in [0.05, 0.1) is 19.4 Å². The Bertz CT molecular complexity index is 803. The third-order valence-electron chi connectivity index (χ3n) is 6.28. The summed E-state index contributed by atoms with van der Waals surface area (Å²) in [7, 11) is 1.66. The summed E-state index contributed by atoms with van der Waals surface area (Å²) in [6.07, 6.45) is 4.75. The van der Waals surface area contributed by atoms with Gasteiger partial charge in [0.25, 0.3) is 0 Å². The van der Waals surface area contributed by atoms with Crippen LogP contribution in [0.3, 0.4) is 0 Å². The average molecular weight is 338 g/mol. The molecule has 1 spiro atoms. The van der Waals surface area contributed by atoms with Gasteiger partial charge in [-0.25, -0.2) is 0 Å². The Kier molecular flexibility index (Phi) is 3.22. The number of hydrogen-bond acceptors (Lipinski definition) is 4. The minimum absolute atomic E-state index is 0.235. The quantitative estimate of drug-likeness (QED) is 0.862. The molecule has 3 atom stereocenters. The highest BCUT2D eigenvalue weighted by atomic mass is 16.5. The lowest BCUT2D eigenvalue weighted by molar-refractivity contribution is -0.126. The number of anilines is 1. The summed E-state index contributed by atoms with van der Waals surface area (Å²) >= 11 is 0. The topological polar surface area (TPSA) is 45.9 Å². The van der Waals surface area contributed by atoms with Gasteiger partial charge in [-0.1, -0.05) is 6.07 Å². The molecule has 0 unspecified atom stereocenters. The Balaban J connectivity index is 1.50. The van der Waals surface area contributed by atoms with E-state index in [0.717, 1.165) is 49.5 Å². The number of carbonyl (C=O) groups is 1. The van der Waals surface area contributed by atoms with Gasteiger partial charge in [0.2, 0.25) is 5.91 Å². The summed E-state index contributed by atoms with van der Waals surface area (Å²) in [6, 6.07) is 12.0. The first-order valence-electron chi connectivity index (χ1n) is 9.00. The fourth-order valence-corrected chi connectivity index (χ4v) is 5.24. The van der Waals surface area contributed by atoms with Gasteiger partial charge in [0.1, 0.15) is 17.0 Å². The summed E-state index contributed by atoms with van der Waals surface area (Å²) in [5, 5.41) is 0. The molecule has 1 aromatic heterocycles.